The third-order valence-electron chi connectivity index (χ3n) is 3.22. The summed E-state index contributed by atoms with van der Waals surface area (Å²) in [7, 11) is 0.222. The van der Waals surface area contributed by atoms with Crippen LogP contribution in [-0.2, 0) is 26.0 Å². The predicted molar refractivity (Wildman–Crippen MR) is 71.2 cm³/mol. The van der Waals surface area contributed by atoms with E-state index in [4.69, 9.17) is 9.47 Å². The molecule has 104 valence electrons. The van der Waals surface area contributed by atoms with Gasteiger partial charge in [-0.25, -0.2) is 4.79 Å². The first-order valence-electron chi connectivity index (χ1n) is 6.14. The molecule has 0 N–H and O–H groups in total. The van der Waals surface area contributed by atoms with Gasteiger partial charge in [0.25, 0.3) is 0 Å². The Morgan fingerprint density at radius 2 is 2.42 bits per heavy atom. The van der Waals surface area contributed by atoms with Gasteiger partial charge in [-0.1, -0.05) is 0 Å². The Bertz CT molecular complexity index is 491. The summed E-state index contributed by atoms with van der Waals surface area (Å²) in [4.78, 5) is 15.8. The summed E-state index contributed by atoms with van der Waals surface area (Å²) in [5, 5.41) is 0.00695. The first kappa shape index (κ1) is 14.1. The average Bonchev–Trinajstić information content (AvgIpc) is 2.85. The average molecular weight is 283 g/mol. The number of esters is 1. The molecular formula is C13H17NO4S. The molecule has 1 saturated heterocycles. The fourth-order valence-electron chi connectivity index (χ4n) is 2.15. The molecule has 0 spiro atoms. The number of ether oxygens (including phenoxy) is 2. The van der Waals surface area contributed by atoms with Gasteiger partial charge in [-0.05, 0) is 25.5 Å². The number of hydrogen-bond acceptors (Lipinski definition) is 5. The smallest absolute Gasteiger partial charge is 0.339 e. The van der Waals surface area contributed by atoms with Gasteiger partial charge in [0.2, 0.25) is 0 Å². The minimum atomic E-state index is -1.10. The predicted octanol–water partition coefficient (Wildman–Crippen LogP) is 1.29. The standard InChI is InChI=1S/C13H17NO4S/c1-9-12(5-7-18-9)19(16)8-11-10(13(15)17-2)4-3-6-14-11/h3-4,6,9,12H,5,7-8H2,1-2H3. The second-order valence-corrected chi connectivity index (χ2v) is 6.07. The van der Waals surface area contributed by atoms with E-state index in [0.717, 1.165) is 6.42 Å². The third-order valence-corrected chi connectivity index (χ3v) is 5.07. The van der Waals surface area contributed by atoms with Gasteiger partial charge in [0.05, 0.1) is 35.5 Å². The van der Waals surface area contributed by atoms with Crippen LogP contribution in [0.1, 0.15) is 29.4 Å². The van der Waals surface area contributed by atoms with Crippen LogP contribution in [0.5, 0.6) is 0 Å². The fraction of sp³-hybridized carbons (Fsp3) is 0.538. The monoisotopic (exact) mass is 283 g/mol. The number of rotatable bonds is 4. The van der Waals surface area contributed by atoms with Crippen LogP contribution in [0.25, 0.3) is 0 Å². The van der Waals surface area contributed by atoms with E-state index in [2.05, 4.69) is 4.98 Å². The SMILES string of the molecule is COC(=O)c1cccnc1CS(=O)C1CCOC1C. The van der Waals surface area contributed by atoms with Crippen molar-refractivity contribution in [3.8, 4) is 0 Å². The second kappa shape index (κ2) is 6.25. The maximum absolute atomic E-state index is 12.3. The molecule has 0 amide bonds. The number of carbonyl (C=O) groups is 1. The Hall–Kier alpha value is -1.27. The normalized spacial score (nSPS) is 24.1. The minimum absolute atomic E-state index is 0.00695. The number of hydrogen-bond donors (Lipinski definition) is 0. The summed E-state index contributed by atoms with van der Waals surface area (Å²) >= 11 is 0. The molecule has 5 nitrogen and oxygen atoms in total. The van der Waals surface area contributed by atoms with Gasteiger partial charge in [-0.3, -0.25) is 9.19 Å². The summed E-state index contributed by atoms with van der Waals surface area (Å²) in [5.74, 6) is -0.195. The second-order valence-electron chi connectivity index (χ2n) is 4.42. The highest BCUT2D eigenvalue weighted by atomic mass is 32.2. The number of pyridine rings is 1. The lowest BCUT2D eigenvalue weighted by molar-refractivity contribution is 0.0599. The molecule has 0 bridgehead atoms. The molecule has 0 radical (unpaired) electrons. The fourth-order valence-corrected chi connectivity index (χ4v) is 3.73. The molecule has 19 heavy (non-hydrogen) atoms. The van der Waals surface area contributed by atoms with Crippen LogP contribution in [0.4, 0.5) is 0 Å². The Labute approximate surface area is 114 Å². The number of methoxy groups -OCH3 is 1. The maximum Gasteiger partial charge on any atom is 0.339 e. The van der Waals surface area contributed by atoms with Gasteiger partial charge in [0.1, 0.15) is 0 Å². The third kappa shape index (κ3) is 3.19. The Balaban J connectivity index is 2.14. The number of aromatic nitrogens is 1. The molecule has 1 aromatic rings. The molecule has 6 heteroatoms. The summed E-state index contributed by atoms with van der Waals surface area (Å²) in [6.07, 6.45) is 2.37. The Kier molecular flexibility index (Phi) is 4.66. The lowest BCUT2D eigenvalue weighted by atomic mass is 10.2. The quantitative estimate of drug-likeness (QED) is 0.779. The molecule has 2 heterocycles. The first-order valence-corrected chi connectivity index (χ1v) is 7.52. The summed E-state index contributed by atoms with van der Waals surface area (Å²) < 4.78 is 22.4. The van der Waals surface area contributed by atoms with Crippen LogP contribution < -0.4 is 0 Å². The zero-order valence-electron chi connectivity index (χ0n) is 11.0. The van der Waals surface area contributed by atoms with Crippen LogP contribution in [0, 0.1) is 0 Å². The molecule has 2 rings (SSSR count). The van der Waals surface area contributed by atoms with Crippen LogP contribution in [-0.4, -0.2) is 40.2 Å². The molecule has 0 aliphatic carbocycles. The van der Waals surface area contributed by atoms with Crippen molar-refractivity contribution in [2.75, 3.05) is 13.7 Å². The summed E-state index contributed by atoms with van der Waals surface area (Å²) in [6, 6.07) is 3.31. The van der Waals surface area contributed by atoms with Crippen molar-refractivity contribution in [1.29, 1.82) is 0 Å². The van der Waals surface area contributed by atoms with Crippen molar-refractivity contribution in [2.24, 2.45) is 0 Å². The molecule has 3 unspecified atom stereocenters. The van der Waals surface area contributed by atoms with Crippen LogP contribution in [0.15, 0.2) is 18.3 Å². The molecule has 1 aromatic heterocycles. The van der Waals surface area contributed by atoms with Gasteiger partial charge in [0, 0.05) is 23.6 Å². The van der Waals surface area contributed by atoms with E-state index in [-0.39, 0.29) is 17.1 Å². The van der Waals surface area contributed by atoms with Crippen molar-refractivity contribution in [3.05, 3.63) is 29.6 Å². The van der Waals surface area contributed by atoms with Crippen LogP contribution in [0.2, 0.25) is 0 Å². The molecule has 1 aliphatic heterocycles. The van der Waals surface area contributed by atoms with Gasteiger partial charge in [-0.15, -0.1) is 0 Å². The van der Waals surface area contributed by atoms with Crippen molar-refractivity contribution in [2.45, 2.75) is 30.5 Å². The highest BCUT2D eigenvalue weighted by Crippen LogP contribution is 2.21. The van der Waals surface area contributed by atoms with Crippen molar-refractivity contribution in [3.63, 3.8) is 0 Å². The van der Waals surface area contributed by atoms with Crippen LogP contribution in [0.3, 0.4) is 0 Å². The van der Waals surface area contributed by atoms with E-state index in [1.54, 1.807) is 18.3 Å². The van der Waals surface area contributed by atoms with E-state index in [0.29, 0.717) is 17.9 Å². The van der Waals surface area contributed by atoms with Crippen molar-refractivity contribution < 1.29 is 18.5 Å². The topological polar surface area (TPSA) is 65.5 Å². The molecule has 0 aromatic carbocycles. The van der Waals surface area contributed by atoms with E-state index in [9.17, 15) is 9.00 Å². The highest BCUT2D eigenvalue weighted by molar-refractivity contribution is 7.84. The number of carbonyl (C=O) groups excluding carboxylic acids is 1. The van der Waals surface area contributed by atoms with Crippen molar-refractivity contribution in [1.82, 2.24) is 4.98 Å². The zero-order chi connectivity index (χ0) is 13.8. The van der Waals surface area contributed by atoms with Gasteiger partial charge in [-0.2, -0.15) is 0 Å². The lowest BCUT2D eigenvalue weighted by Crippen LogP contribution is -2.25. The summed E-state index contributed by atoms with van der Waals surface area (Å²) in [6.45, 7) is 2.57. The summed E-state index contributed by atoms with van der Waals surface area (Å²) in [5.41, 5.74) is 0.900. The van der Waals surface area contributed by atoms with Crippen molar-refractivity contribution >= 4 is 16.8 Å². The van der Waals surface area contributed by atoms with E-state index < -0.39 is 16.8 Å². The Morgan fingerprint density at radius 3 is 3.05 bits per heavy atom. The van der Waals surface area contributed by atoms with Gasteiger partial charge < -0.3 is 9.47 Å². The largest absolute Gasteiger partial charge is 0.465 e. The highest BCUT2D eigenvalue weighted by Gasteiger charge is 2.30. The molecule has 1 fully saturated rings. The van der Waals surface area contributed by atoms with E-state index >= 15 is 0 Å². The zero-order valence-corrected chi connectivity index (χ0v) is 11.8. The number of nitrogens with zero attached hydrogens (tertiary/aromatic N) is 1. The Morgan fingerprint density at radius 1 is 1.63 bits per heavy atom. The molecular weight excluding hydrogens is 266 g/mol. The van der Waals surface area contributed by atoms with Crippen LogP contribution >= 0.6 is 0 Å². The maximum atomic E-state index is 12.3. The first-order chi connectivity index (χ1) is 9.13. The van der Waals surface area contributed by atoms with Gasteiger partial charge in [0.15, 0.2) is 0 Å². The minimum Gasteiger partial charge on any atom is -0.465 e. The van der Waals surface area contributed by atoms with E-state index in [1.807, 2.05) is 6.92 Å². The van der Waals surface area contributed by atoms with Gasteiger partial charge >= 0.3 is 5.97 Å². The molecule has 3 atom stereocenters. The van der Waals surface area contributed by atoms with E-state index in [1.165, 1.54) is 7.11 Å². The molecule has 0 saturated carbocycles. The lowest BCUT2D eigenvalue weighted by Gasteiger charge is -2.14. The molecule has 1 aliphatic rings.